The number of phenolic OH excluding ortho intramolecular Hbond substituents is 1. The molecule has 3 aromatic rings. The van der Waals surface area contributed by atoms with E-state index in [1.165, 1.54) is 5.56 Å². The highest BCUT2D eigenvalue weighted by molar-refractivity contribution is 5.77. The molecular weight excluding hydrogens is 322 g/mol. The number of hydrogen-bond donors (Lipinski definition) is 1. The Bertz CT molecular complexity index is 938. The average Bonchev–Trinajstić information content (AvgIpc) is 3.05. The van der Waals surface area contributed by atoms with Crippen LogP contribution in [-0.4, -0.2) is 20.1 Å². The highest BCUT2D eigenvalue weighted by atomic mass is 16.3. The lowest BCUT2D eigenvalue weighted by Gasteiger charge is -2.30. The zero-order chi connectivity index (χ0) is 19.1. The SMILES string of the molecule is CCC(C)(C)c1cc(-n2nnc3ccccc32)c(O)c(C(C)(C)CC)c1. The second-order valence-electron chi connectivity index (χ2n) is 8.36. The first-order chi connectivity index (χ1) is 12.2. The summed E-state index contributed by atoms with van der Waals surface area (Å²) in [6.45, 7) is 13.2. The summed E-state index contributed by atoms with van der Waals surface area (Å²) in [6.07, 6.45) is 1.95. The van der Waals surface area contributed by atoms with Gasteiger partial charge >= 0.3 is 0 Å². The van der Waals surface area contributed by atoms with E-state index in [-0.39, 0.29) is 10.8 Å². The van der Waals surface area contributed by atoms with Gasteiger partial charge in [0.05, 0.1) is 5.52 Å². The summed E-state index contributed by atoms with van der Waals surface area (Å²) in [4.78, 5) is 0. The van der Waals surface area contributed by atoms with E-state index in [0.29, 0.717) is 11.4 Å². The zero-order valence-corrected chi connectivity index (χ0v) is 16.7. The first-order valence-corrected chi connectivity index (χ1v) is 9.40. The molecule has 26 heavy (non-hydrogen) atoms. The molecule has 0 radical (unpaired) electrons. The third kappa shape index (κ3) is 2.98. The molecule has 0 saturated heterocycles. The number of hydrogen-bond acceptors (Lipinski definition) is 3. The molecule has 0 saturated carbocycles. The number of nitrogens with zero attached hydrogens (tertiary/aromatic N) is 3. The third-order valence-corrected chi connectivity index (χ3v) is 5.95. The van der Waals surface area contributed by atoms with Gasteiger partial charge in [0.15, 0.2) is 0 Å². The smallest absolute Gasteiger partial charge is 0.145 e. The van der Waals surface area contributed by atoms with Gasteiger partial charge in [-0.25, -0.2) is 4.68 Å². The van der Waals surface area contributed by atoms with Crippen LogP contribution < -0.4 is 0 Å². The molecule has 0 aliphatic carbocycles. The lowest BCUT2D eigenvalue weighted by molar-refractivity contribution is 0.421. The van der Waals surface area contributed by atoms with Crippen LogP contribution in [0.25, 0.3) is 16.7 Å². The summed E-state index contributed by atoms with van der Waals surface area (Å²) in [5.41, 5.74) is 4.48. The summed E-state index contributed by atoms with van der Waals surface area (Å²) in [7, 11) is 0. The molecule has 0 bridgehead atoms. The molecule has 3 rings (SSSR count). The Morgan fingerprint density at radius 1 is 0.962 bits per heavy atom. The van der Waals surface area contributed by atoms with Crippen LogP contribution in [-0.2, 0) is 10.8 Å². The fourth-order valence-corrected chi connectivity index (χ4v) is 3.13. The quantitative estimate of drug-likeness (QED) is 0.660. The number of para-hydroxylation sites is 1. The molecule has 4 nitrogen and oxygen atoms in total. The Hall–Kier alpha value is -2.36. The second-order valence-corrected chi connectivity index (χ2v) is 8.36. The van der Waals surface area contributed by atoms with Crippen molar-refractivity contribution in [2.24, 2.45) is 0 Å². The van der Waals surface area contributed by atoms with Crippen LogP contribution in [0.1, 0.15) is 65.5 Å². The Morgan fingerprint density at radius 3 is 2.27 bits per heavy atom. The van der Waals surface area contributed by atoms with Crippen molar-refractivity contribution in [2.75, 3.05) is 0 Å². The van der Waals surface area contributed by atoms with Crippen molar-refractivity contribution in [2.45, 2.75) is 65.2 Å². The van der Waals surface area contributed by atoms with Crippen molar-refractivity contribution in [3.63, 3.8) is 0 Å². The predicted octanol–water partition coefficient (Wildman–Crippen LogP) is 5.50. The Kier molecular flexibility index (Phi) is 4.55. The van der Waals surface area contributed by atoms with Crippen LogP contribution in [0.4, 0.5) is 0 Å². The van der Waals surface area contributed by atoms with Crippen molar-refractivity contribution >= 4 is 11.0 Å². The van der Waals surface area contributed by atoms with E-state index in [1.54, 1.807) is 4.68 Å². The third-order valence-electron chi connectivity index (χ3n) is 5.95. The van der Waals surface area contributed by atoms with Gasteiger partial charge < -0.3 is 5.11 Å². The highest BCUT2D eigenvalue weighted by Crippen LogP contribution is 2.41. The van der Waals surface area contributed by atoms with Crippen LogP contribution in [0, 0.1) is 0 Å². The van der Waals surface area contributed by atoms with Crippen LogP contribution >= 0.6 is 0 Å². The van der Waals surface area contributed by atoms with Crippen LogP contribution in [0.2, 0.25) is 0 Å². The van der Waals surface area contributed by atoms with E-state index in [9.17, 15) is 5.11 Å². The normalized spacial score (nSPS) is 12.7. The molecule has 0 unspecified atom stereocenters. The molecule has 1 aromatic heterocycles. The number of aromatic hydroxyl groups is 1. The Balaban J connectivity index is 2.34. The molecule has 4 heteroatoms. The Labute approximate surface area is 155 Å². The predicted molar refractivity (Wildman–Crippen MR) is 107 cm³/mol. The minimum Gasteiger partial charge on any atom is -0.505 e. The van der Waals surface area contributed by atoms with Gasteiger partial charge in [-0.15, -0.1) is 5.10 Å². The fourth-order valence-electron chi connectivity index (χ4n) is 3.13. The number of rotatable bonds is 5. The number of phenols is 1. The average molecular weight is 351 g/mol. The van der Waals surface area contributed by atoms with E-state index < -0.39 is 0 Å². The van der Waals surface area contributed by atoms with Crippen molar-refractivity contribution in [1.29, 1.82) is 0 Å². The maximum absolute atomic E-state index is 11.2. The minimum atomic E-state index is -0.130. The first-order valence-electron chi connectivity index (χ1n) is 9.40. The zero-order valence-electron chi connectivity index (χ0n) is 16.7. The lowest BCUT2D eigenvalue weighted by Crippen LogP contribution is -2.21. The molecular formula is C22H29N3O. The summed E-state index contributed by atoms with van der Waals surface area (Å²) in [6, 6.07) is 12.1. The van der Waals surface area contributed by atoms with E-state index in [2.05, 4.69) is 64.0 Å². The van der Waals surface area contributed by atoms with E-state index in [4.69, 9.17) is 0 Å². The number of aromatic nitrogens is 3. The largest absolute Gasteiger partial charge is 0.505 e. The molecule has 1 heterocycles. The molecule has 2 aromatic carbocycles. The minimum absolute atomic E-state index is 0.0113. The topological polar surface area (TPSA) is 50.9 Å². The van der Waals surface area contributed by atoms with Crippen LogP contribution in [0.3, 0.4) is 0 Å². The van der Waals surface area contributed by atoms with Gasteiger partial charge in [0.2, 0.25) is 0 Å². The highest BCUT2D eigenvalue weighted by Gasteiger charge is 2.29. The number of benzene rings is 2. The summed E-state index contributed by atoms with van der Waals surface area (Å²) >= 11 is 0. The molecule has 0 aliphatic heterocycles. The monoisotopic (exact) mass is 351 g/mol. The molecule has 0 atom stereocenters. The van der Waals surface area contributed by atoms with Gasteiger partial charge in [0.25, 0.3) is 0 Å². The summed E-state index contributed by atoms with van der Waals surface area (Å²) < 4.78 is 1.76. The van der Waals surface area contributed by atoms with E-state index >= 15 is 0 Å². The molecule has 138 valence electrons. The van der Waals surface area contributed by atoms with Gasteiger partial charge in [-0.2, -0.15) is 0 Å². The summed E-state index contributed by atoms with van der Waals surface area (Å²) in [5.74, 6) is 0.295. The van der Waals surface area contributed by atoms with E-state index in [0.717, 1.165) is 29.4 Å². The van der Waals surface area contributed by atoms with E-state index in [1.807, 2.05) is 24.3 Å². The van der Waals surface area contributed by atoms with Crippen molar-refractivity contribution in [3.05, 3.63) is 47.5 Å². The molecule has 1 N–H and O–H groups in total. The second kappa shape index (κ2) is 6.42. The molecule has 0 aliphatic rings. The van der Waals surface area contributed by atoms with Gasteiger partial charge in [0.1, 0.15) is 17.0 Å². The van der Waals surface area contributed by atoms with Gasteiger partial charge in [-0.1, -0.05) is 65.0 Å². The number of fused-ring (bicyclic) bond motifs is 1. The maximum Gasteiger partial charge on any atom is 0.145 e. The van der Waals surface area contributed by atoms with Crippen molar-refractivity contribution in [3.8, 4) is 11.4 Å². The van der Waals surface area contributed by atoms with Gasteiger partial charge in [-0.3, -0.25) is 0 Å². The maximum atomic E-state index is 11.2. The van der Waals surface area contributed by atoms with Crippen LogP contribution in [0.15, 0.2) is 36.4 Å². The molecule has 0 spiro atoms. The fraction of sp³-hybridized carbons (Fsp3) is 0.455. The summed E-state index contributed by atoms with van der Waals surface area (Å²) in [5, 5.41) is 19.8. The van der Waals surface area contributed by atoms with Crippen LogP contribution in [0.5, 0.6) is 5.75 Å². The lowest BCUT2D eigenvalue weighted by atomic mass is 9.76. The Morgan fingerprint density at radius 2 is 1.62 bits per heavy atom. The molecule has 0 amide bonds. The van der Waals surface area contributed by atoms with Crippen molar-refractivity contribution in [1.82, 2.24) is 15.0 Å². The van der Waals surface area contributed by atoms with Crippen molar-refractivity contribution < 1.29 is 5.11 Å². The van der Waals surface area contributed by atoms with Gasteiger partial charge in [0, 0.05) is 5.56 Å². The first kappa shape index (κ1) is 18.4. The van der Waals surface area contributed by atoms with Gasteiger partial charge in [-0.05, 0) is 47.4 Å². The molecule has 0 fully saturated rings. The standard InChI is InChI=1S/C22H29N3O/c1-7-21(3,4)15-13-16(22(5,6)8-2)20(26)19(14-15)25-18-12-10-9-11-17(18)23-24-25/h9-14,26H,7-8H2,1-6H3.